The van der Waals surface area contributed by atoms with Gasteiger partial charge in [-0.05, 0) is 24.7 Å². The first-order chi connectivity index (χ1) is 9.77. The van der Waals surface area contributed by atoms with Gasteiger partial charge in [-0.3, -0.25) is 0 Å². The molecule has 0 fully saturated rings. The number of phenols is 2. The monoisotopic (exact) mass is 299 g/mol. The molecule has 1 aromatic rings. The van der Waals surface area contributed by atoms with Crippen LogP contribution in [0.1, 0.15) is 11.7 Å². The number of rotatable bonds is 5. The maximum absolute atomic E-state index is 9.55. The summed E-state index contributed by atoms with van der Waals surface area (Å²) in [7, 11) is 1.73. The second-order valence-electron chi connectivity index (χ2n) is 3.83. The Bertz CT molecular complexity index is 497. The Labute approximate surface area is 120 Å². The molecular weight excluding hydrogens is 282 g/mol. The van der Waals surface area contributed by atoms with E-state index in [-0.39, 0.29) is 11.5 Å². The van der Waals surface area contributed by atoms with Crippen molar-refractivity contribution in [3.63, 3.8) is 0 Å². The summed E-state index contributed by atoms with van der Waals surface area (Å²) in [6.45, 7) is 0.407. The van der Waals surface area contributed by atoms with Crippen LogP contribution in [0.2, 0.25) is 0 Å². The molecule has 0 bridgehead atoms. The third kappa shape index (κ3) is 8.24. The van der Waals surface area contributed by atoms with Crippen molar-refractivity contribution >= 4 is 11.9 Å². The number of carbonyl (C=O) groups is 2. The van der Waals surface area contributed by atoms with Crippen LogP contribution in [0.4, 0.5) is 0 Å². The molecule has 0 aliphatic heterocycles. The fourth-order valence-electron chi connectivity index (χ4n) is 1.20. The van der Waals surface area contributed by atoms with E-state index in [4.69, 9.17) is 20.4 Å². The number of carboxylic acids is 2. The zero-order chi connectivity index (χ0) is 16.4. The van der Waals surface area contributed by atoms with Crippen molar-refractivity contribution in [2.75, 3.05) is 13.6 Å². The van der Waals surface area contributed by atoms with Gasteiger partial charge in [0.1, 0.15) is 0 Å². The summed E-state index contributed by atoms with van der Waals surface area (Å²) in [4.78, 5) is 19.1. The van der Waals surface area contributed by atoms with Crippen LogP contribution in [0, 0.1) is 0 Å². The van der Waals surface area contributed by atoms with Crippen LogP contribution in [0.5, 0.6) is 11.5 Å². The standard InChI is InChI=1S/C9H13NO3.C4H4O4/c1-10-5-9(13)6-2-3-7(11)8(12)4-6;5-3(6)1-2-4(7)8/h2-4,9-13H,5H2,1H3;1-2H,(H,5,6)(H,7,8)/b;2-1-. The van der Waals surface area contributed by atoms with Crippen molar-refractivity contribution in [1.82, 2.24) is 5.32 Å². The Kier molecular flexibility index (Phi) is 8.20. The van der Waals surface area contributed by atoms with Gasteiger partial charge < -0.3 is 30.8 Å². The minimum absolute atomic E-state index is 0.180. The Hall–Kier alpha value is -2.58. The van der Waals surface area contributed by atoms with E-state index in [0.29, 0.717) is 24.3 Å². The van der Waals surface area contributed by atoms with Crippen LogP contribution in [0.15, 0.2) is 30.4 Å². The summed E-state index contributed by atoms with van der Waals surface area (Å²) in [5.41, 5.74) is 0.574. The number of phenolic OH excluding ortho intramolecular Hbond substituents is 2. The van der Waals surface area contributed by atoms with Gasteiger partial charge in [0.15, 0.2) is 11.5 Å². The quantitative estimate of drug-likeness (QED) is 0.330. The van der Waals surface area contributed by atoms with E-state index in [1.165, 1.54) is 12.1 Å². The van der Waals surface area contributed by atoms with Crippen molar-refractivity contribution < 1.29 is 35.1 Å². The summed E-state index contributed by atoms with van der Waals surface area (Å²) in [6.07, 6.45) is 0.446. The van der Waals surface area contributed by atoms with Gasteiger partial charge in [-0.2, -0.15) is 0 Å². The number of hydrogen-bond acceptors (Lipinski definition) is 6. The molecule has 0 amide bonds. The summed E-state index contributed by atoms with van der Waals surface area (Å²) >= 11 is 0. The molecule has 6 N–H and O–H groups in total. The number of likely N-dealkylation sites (N-methyl/N-ethyl adjacent to an activating group) is 1. The highest BCUT2D eigenvalue weighted by atomic mass is 16.4. The fraction of sp³-hybridized carbons (Fsp3) is 0.231. The lowest BCUT2D eigenvalue weighted by molar-refractivity contribution is -0.134. The zero-order valence-corrected chi connectivity index (χ0v) is 11.2. The van der Waals surface area contributed by atoms with Gasteiger partial charge in [-0.15, -0.1) is 0 Å². The maximum atomic E-state index is 9.55. The molecule has 0 aliphatic carbocycles. The zero-order valence-electron chi connectivity index (χ0n) is 11.2. The fourth-order valence-corrected chi connectivity index (χ4v) is 1.20. The normalized spacial score (nSPS) is 11.5. The molecule has 0 heterocycles. The second-order valence-corrected chi connectivity index (χ2v) is 3.83. The number of benzene rings is 1. The van der Waals surface area contributed by atoms with Gasteiger partial charge in [-0.1, -0.05) is 6.07 Å². The molecule has 1 rings (SSSR count). The van der Waals surface area contributed by atoms with Gasteiger partial charge in [0, 0.05) is 18.7 Å². The molecule has 1 aromatic carbocycles. The van der Waals surface area contributed by atoms with Crippen molar-refractivity contribution in [2.24, 2.45) is 0 Å². The highest BCUT2D eigenvalue weighted by molar-refractivity contribution is 5.89. The SMILES string of the molecule is CNCC(O)c1ccc(O)c(O)c1.O=C(O)/C=C\C(=O)O. The lowest BCUT2D eigenvalue weighted by Gasteiger charge is -2.10. The third-order valence-electron chi connectivity index (χ3n) is 2.15. The average Bonchev–Trinajstić information content (AvgIpc) is 2.40. The molecule has 0 radical (unpaired) electrons. The number of aliphatic hydroxyl groups is 1. The van der Waals surface area contributed by atoms with Crippen molar-refractivity contribution in [3.8, 4) is 11.5 Å². The molecule has 21 heavy (non-hydrogen) atoms. The van der Waals surface area contributed by atoms with Gasteiger partial charge in [0.2, 0.25) is 0 Å². The Morgan fingerprint density at radius 3 is 2.05 bits per heavy atom. The molecule has 116 valence electrons. The van der Waals surface area contributed by atoms with Gasteiger partial charge >= 0.3 is 11.9 Å². The van der Waals surface area contributed by atoms with E-state index in [2.05, 4.69) is 5.32 Å². The number of carboxylic acid groups (broad SMARTS) is 2. The average molecular weight is 299 g/mol. The number of aliphatic hydroxyl groups excluding tert-OH is 1. The molecular formula is C13H17NO7. The molecule has 0 aromatic heterocycles. The topological polar surface area (TPSA) is 147 Å². The number of aliphatic carboxylic acids is 2. The van der Waals surface area contributed by atoms with E-state index in [1.54, 1.807) is 13.1 Å². The van der Waals surface area contributed by atoms with Crippen LogP contribution in [0.3, 0.4) is 0 Å². The minimum Gasteiger partial charge on any atom is -0.504 e. The molecule has 0 aliphatic rings. The first kappa shape index (κ1) is 18.4. The van der Waals surface area contributed by atoms with Crippen molar-refractivity contribution in [3.05, 3.63) is 35.9 Å². The van der Waals surface area contributed by atoms with E-state index < -0.39 is 18.0 Å². The van der Waals surface area contributed by atoms with Crippen LogP contribution in [-0.2, 0) is 9.59 Å². The Morgan fingerprint density at radius 2 is 1.67 bits per heavy atom. The van der Waals surface area contributed by atoms with E-state index in [1.807, 2.05) is 0 Å². The predicted molar refractivity (Wildman–Crippen MR) is 73.1 cm³/mol. The van der Waals surface area contributed by atoms with Crippen LogP contribution >= 0.6 is 0 Å². The van der Waals surface area contributed by atoms with Gasteiger partial charge in [0.05, 0.1) is 6.10 Å². The molecule has 1 atom stereocenters. The van der Waals surface area contributed by atoms with E-state index >= 15 is 0 Å². The summed E-state index contributed by atoms with van der Waals surface area (Å²) in [5.74, 6) is -2.91. The van der Waals surface area contributed by atoms with Crippen molar-refractivity contribution in [2.45, 2.75) is 6.10 Å². The van der Waals surface area contributed by atoms with Gasteiger partial charge in [-0.25, -0.2) is 9.59 Å². The molecule has 1 unspecified atom stereocenters. The molecule has 0 saturated heterocycles. The Morgan fingerprint density at radius 1 is 1.14 bits per heavy atom. The number of nitrogens with one attached hydrogen (secondary N) is 1. The van der Waals surface area contributed by atoms with Crippen LogP contribution < -0.4 is 5.32 Å². The smallest absolute Gasteiger partial charge is 0.328 e. The number of hydrogen-bond donors (Lipinski definition) is 6. The summed E-state index contributed by atoms with van der Waals surface area (Å²) in [5, 5.41) is 46.1. The van der Waals surface area contributed by atoms with E-state index in [9.17, 15) is 14.7 Å². The highest BCUT2D eigenvalue weighted by Gasteiger charge is 2.08. The maximum Gasteiger partial charge on any atom is 0.328 e. The molecule has 8 nitrogen and oxygen atoms in total. The van der Waals surface area contributed by atoms with Crippen LogP contribution in [-0.4, -0.2) is 51.1 Å². The van der Waals surface area contributed by atoms with E-state index in [0.717, 1.165) is 0 Å². The lowest BCUT2D eigenvalue weighted by atomic mass is 10.1. The summed E-state index contributed by atoms with van der Waals surface area (Å²) < 4.78 is 0. The number of aromatic hydroxyl groups is 2. The minimum atomic E-state index is -1.26. The van der Waals surface area contributed by atoms with Crippen LogP contribution in [0.25, 0.3) is 0 Å². The summed E-state index contributed by atoms with van der Waals surface area (Å²) in [6, 6.07) is 4.26. The van der Waals surface area contributed by atoms with Gasteiger partial charge in [0.25, 0.3) is 0 Å². The Balaban J connectivity index is 0.000000433. The lowest BCUT2D eigenvalue weighted by Crippen LogP contribution is -2.16. The first-order valence-corrected chi connectivity index (χ1v) is 5.76. The predicted octanol–water partition coefficient (Wildman–Crippen LogP) is 0.0624. The molecule has 8 heteroatoms. The first-order valence-electron chi connectivity index (χ1n) is 5.76. The molecule has 0 saturated carbocycles. The molecule has 0 spiro atoms. The second kappa shape index (κ2) is 9.34. The van der Waals surface area contributed by atoms with Crippen molar-refractivity contribution in [1.29, 1.82) is 0 Å². The third-order valence-corrected chi connectivity index (χ3v) is 2.15. The highest BCUT2D eigenvalue weighted by Crippen LogP contribution is 2.27. The largest absolute Gasteiger partial charge is 0.504 e.